The molecule has 0 spiro atoms. The molecule has 104 valence electrons. The number of hydrogen-bond acceptors (Lipinski definition) is 3. The molecule has 4 nitrogen and oxygen atoms in total. The molecule has 2 aromatic rings. The van der Waals surface area contributed by atoms with Crippen molar-refractivity contribution in [1.29, 1.82) is 0 Å². The molecule has 1 fully saturated rings. The second-order valence-corrected chi connectivity index (χ2v) is 5.29. The van der Waals surface area contributed by atoms with Gasteiger partial charge in [0.2, 0.25) is 0 Å². The Morgan fingerprint density at radius 2 is 1.85 bits per heavy atom. The fourth-order valence-corrected chi connectivity index (χ4v) is 2.57. The Labute approximate surface area is 118 Å². The highest BCUT2D eigenvalue weighted by atomic mass is 16.5. The quantitative estimate of drug-likeness (QED) is 0.841. The first-order valence-corrected chi connectivity index (χ1v) is 7.07. The number of nitrogens with zero attached hydrogens (tertiary/aromatic N) is 2. The molecule has 1 aromatic heterocycles. The minimum atomic E-state index is 0.0292. The van der Waals surface area contributed by atoms with E-state index < -0.39 is 0 Å². The van der Waals surface area contributed by atoms with Gasteiger partial charge < -0.3 is 9.42 Å². The summed E-state index contributed by atoms with van der Waals surface area (Å²) in [5.74, 6) is 0.599. The predicted molar refractivity (Wildman–Crippen MR) is 76.4 cm³/mol. The van der Waals surface area contributed by atoms with Crippen LogP contribution in [0.3, 0.4) is 0 Å². The van der Waals surface area contributed by atoms with Crippen molar-refractivity contribution in [2.45, 2.75) is 26.2 Å². The van der Waals surface area contributed by atoms with Gasteiger partial charge in [-0.3, -0.25) is 4.79 Å². The van der Waals surface area contributed by atoms with Crippen LogP contribution in [-0.2, 0) is 0 Å². The van der Waals surface area contributed by atoms with E-state index >= 15 is 0 Å². The third-order valence-electron chi connectivity index (χ3n) is 3.76. The molecule has 1 aliphatic heterocycles. The van der Waals surface area contributed by atoms with Gasteiger partial charge in [0.05, 0.1) is 6.20 Å². The Bertz CT molecular complexity index is 595. The molecule has 0 bridgehead atoms. The van der Waals surface area contributed by atoms with Gasteiger partial charge in [-0.25, -0.2) is 0 Å². The van der Waals surface area contributed by atoms with E-state index in [1.165, 1.54) is 18.2 Å². The highest BCUT2D eigenvalue weighted by molar-refractivity contribution is 5.99. The fraction of sp³-hybridized carbons (Fsp3) is 0.375. The highest BCUT2D eigenvalue weighted by Gasteiger charge is 2.24. The maximum Gasteiger partial charge on any atom is 0.259 e. The molecule has 2 heterocycles. The third-order valence-corrected chi connectivity index (χ3v) is 3.76. The van der Waals surface area contributed by atoms with E-state index in [2.05, 4.69) is 5.16 Å². The van der Waals surface area contributed by atoms with Gasteiger partial charge in [-0.1, -0.05) is 35.0 Å². The minimum absolute atomic E-state index is 0.0292. The number of rotatable bonds is 2. The van der Waals surface area contributed by atoms with Crippen LogP contribution < -0.4 is 0 Å². The van der Waals surface area contributed by atoms with Gasteiger partial charge in [0.1, 0.15) is 5.56 Å². The maximum absolute atomic E-state index is 12.5. The van der Waals surface area contributed by atoms with E-state index in [4.69, 9.17) is 4.52 Å². The Morgan fingerprint density at radius 3 is 2.55 bits per heavy atom. The molecule has 1 saturated heterocycles. The number of aryl methyl sites for hydroxylation is 1. The third kappa shape index (κ3) is 2.46. The lowest BCUT2D eigenvalue weighted by Crippen LogP contribution is -2.35. The van der Waals surface area contributed by atoms with Crippen LogP contribution in [0.5, 0.6) is 0 Å². The zero-order valence-corrected chi connectivity index (χ0v) is 11.6. The van der Waals surface area contributed by atoms with Crippen molar-refractivity contribution in [3.05, 3.63) is 41.6 Å². The van der Waals surface area contributed by atoms with E-state index in [0.29, 0.717) is 11.3 Å². The molecule has 0 radical (unpaired) electrons. The van der Waals surface area contributed by atoms with Crippen LogP contribution in [0.1, 0.15) is 35.2 Å². The van der Waals surface area contributed by atoms with Gasteiger partial charge in [-0.05, 0) is 26.2 Å². The summed E-state index contributed by atoms with van der Waals surface area (Å²) in [6.45, 7) is 3.69. The van der Waals surface area contributed by atoms with E-state index in [0.717, 1.165) is 31.5 Å². The molecule has 0 unspecified atom stereocenters. The van der Waals surface area contributed by atoms with Crippen LogP contribution in [0.4, 0.5) is 0 Å². The summed E-state index contributed by atoms with van der Waals surface area (Å²) in [6, 6.07) is 7.94. The smallest absolute Gasteiger partial charge is 0.259 e. The second-order valence-electron chi connectivity index (χ2n) is 5.29. The molecule has 0 aliphatic carbocycles. The predicted octanol–water partition coefficient (Wildman–Crippen LogP) is 3.28. The largest absolute Gasteiger partial charge is 0.355 e. The lowest BCUT2D eigenvalue weighted by Gasteiger charge is -2.26. The molecule has 0 atom stereocenters. The number of hydrogen-bond donors (Lipinski definition) is 0. The maximum atomic E-state index is 12.5. The summed E-state index contributed by atoms with van der Waals surface area (Å²) >= 11 is 0. The first-order valence-electron chi connectivity index (χ1n) is 7.07. The van der Waals surface area contributed by atoms with Crippen LogP contribution in [0.15, 0.2) is 35.0 Å². The number of piperidine rings is 1. The molecule has 4 heteroatoms. The molecule has 0 saturated carbocycles. The Kier molecular flexibility index (Phi) is 3.54. The summed E-state index contributed by atoms with van der Waals surface area (Å²) in [6.07, 6.45) is 4.90. The second kappa shape index (κ2) is 5.49. The number of carbonyl (C=O) groups is 1. The Balaban J connectivity index is 1.89. The van der Waals surface area contributed by atoms with Crippen molar-refractivity contribution in [3.8, 4) is 11.3 Å². The molecule has 1 aliphatic rings. The van der Waals surface area contributed by atoms with Crippen molar-refractivity contribution in [1.82, 2.24) is 10.1 Å². The van der Waals surface area contributed by atoms with E-state index in [9.17, 15) is 4.79 Å². The van der Waals surface area contributed by atoms with Crippen molar-refractivity contribution in [3.63, 3.8) is 0 Å². The SMILES string of the molecule is Cc1ccc(-c2oncc2C(=O)N2CCCCC2)cc1. The number of amides is 1. The van der Waals surface area contributed by atoms with Gasteiger partial charge in [0.15, 0.2) is 5.76 Å². The zero-order valence-electron chi connectivity index (χ0n) is 11.6. The number of likely N-dealkylation sites (tertiary alicyclic amines) is 1. The Morgan fingerprint density at radius 1 is 1.15 bits per heavy atom. The molecule has 3 rings (SSSR count). The van der Waals surface area contributed by atoms with E-state index in [-0.39, 0.29) is 5.91 Å². The Hall–Kier alpha value is -2.10. The van der Waals surface area contributed by atoms with Crippen LogP contribution >= 0.6 is 0 Å². The molecular formula is C16H18N2O2. The van der Waals surface area contributed by atoms with Crippen LogP contribution in [-0.4, -0.2) is 29.1 Å². The van der Waals surface area contributed by atoms with Crippen molar-refractivity contribution < 1.29 is 9.32 Å². The summed E-state index contributed by atoms with van der Waals surface area (Å²) in [7, 11) is 0. The van der Waals surface area contributed by atoms with Gasteiger partial charge in [-0.15, -0.1) is 0 Å². The van der Waals surface area contributed by atoms with Crippen LogP contribution in [0.25, 0.3) is 11.3 Å². The number of carbonyl (C=O) groups excluding carboxylic acids is 1. The molecule has 1 amide bonds. The summed E-state index contributed by atoms with van der Waals surface area (Å²) in [5, 5.41) is 3.81. The van der Waals surface area contributed by atoms with E-state index in [1.54, 1.807) is 0 Å². The summed E-state index contributed by atoms with van der Waals surface area (Å²) in [4.78, 5) is 14.4. The molecule has 0 N–H and O–H groups in total. The zero-order chi connectivity index (χ0) is 13.9. The molecule has 1 aromatic carbocycles. The lowest BCUT2D eigenvalue weighted by molar-refractivity contribution is 0.0724. The first kappa shape index (κ1) is 12.9. The topological polar surface area (TPSA) is 46.3 Å². The normalized spacial score (nSPS) is 15.3. The van der Waals surface area contributed by atoms with Crippen molar-refractivity contribution in [2.75, 3.05) is 13.1 Å². The van der Waals surface area contributed by atoms with Gasteiger partial charge in [-0.2, -0.15) is 0 Å². The number of benzene rings is 1. The van der Waals surface area contributed by atoms with Crippen LogP contribution in [0, 0.1) is 6.92 Å². The first-order chi connectivity index (χ1) is 9.75. The minimum Gasteiger partial charge on any atom is -0.355 e. The average molecular weight is 270 g/mol. The van der Waals surface area contributed by atoms with Crippen LogP contribution in [0.2, 0.25) is 0 Å². The molecular weight excluding hydrogens is 252 g/mol. The average Bonchev–Trinajstić information content (AvgIpc) is 2.97. The monoisotopic (exact) mass is 270 g/mol. The number of aromatic nitrogens is 1. The van der Waals surface area contributed by atoms with E-state index in [1.807, 2.05) is 36.1 Å². The van der Waals surface area contributed by atoms with Gasteiger partial charge >= 0.3 is 0 Å². The standard InChI is InChI=1S/C16H18N2O2/c1-12-5-7-13(8-6-12)15-14(11-17-20-15)16(19)18-9-3-2-4-10-18/h5-8,11H,2-4,9-10H2,1H3. The van der Waals surface area contributed by atoms with Gasteiger partial charge in [0, 0.05) is 18.7 Å². The van der Waals surface area contributed by atoms with Crippen molar-refractivity contribution >= 4 is 5.91 Å². The summed E-state index contributed by atoms with van der Waals surface area (Å²) in [5.41, 5.74) is 2.64. The van der Waals surface area contributed by atoms with Crippen molar-refractivity contribution in [2.24, 2.45) is 0 Å². The highest BCUT2D eigenvalue weighted by Crippen LogP contribution is 2.25. The fourth-order valence-electron chi connectivity index (χ4n) is 2.57. The van der Waals surface area contributed by atoms with Gasteiger partial charge in [0.25, 0.3) is 5.91 Å². The lowest BCUT2D eigenvalue weighted by atomic mass is 10.1. The molecule has 20 heavy (non-hydrogen) atoms. The summed E-state index contributed by atoms with van der Waals surface area (Å²) < 4.78 is 5.31.